The average Bonchev–Trinajstić information content (AvgIpc) is 2.33. The van der Waals surface area contributed by atoms with E-state index in [4.69, 9.17) is 5.73 Å². The second kappa shape index (κ2) is 5.39. The number of nitrogens with zero attached hydrogens (tertiary/aromatic N) is 2. The van der Waals surface area contributed by atoms with Gasteiger partial charge in [-0.25, -0.2) is 9.97 Å². The fourth-order valence-corrected chi connectivity index (χ4v) is 2.29. The predicted molar refractivity (Wildman–Crippen MR) is 79.3 cm³/mol. The van der Waals surface area contributed by atoms with E-state index >= 15 is 0 Å². The van der Waals surface area contributed by atoms with Gasteiger partial charge in [0, 0.05) is 17.7 Å². The molecule has 0 radical (unpaired) electrons. The molecule has 2 N–H and O–H groups in total. The maximum atomic E-state index is 5.99. The van der Waals surface area contributed by atoms with Crippen molar-refractivity contribution in [3.63, 3.8) is 0 Å². The van der Waals surface area contributed by atoms with Gasteiger partial charge in [-0.05, 0) is 43.9 Å². The minimum absolute atomic E-state index is 0.619. The Bertz CT molecular complexity index is 580. The van der Waals surface area contributed by atoms with Crippen molar-refractivity contribution in [1.82, 2.24) is 9.97 Å². The second-order valence-electron chi connectivity index (χ2n) is 5.04. The zero-order valence-corrected chi connectivity index (χ0v) is 12.1. The zero-order chi connectivity index (χ0) is 14.0. The van der Waals surface area contributed by atoms with Crippen molar-refractivity contribution in [3.05, 3.63) is 52.0 Å². The van der Waals surface area contributed by atoms with Crippen molar-refractivity contribution in [1.29, 1.82) is 0 Å². The summed E-state index contributed by atoms with van der Waals surface area (Å²) in [6, 6.07) is 6.46. The van der Waals surface area contributed by atoms with Gasteiger partial charge in [-0.15, -0.1) is 0 Å². The molecule has 19 heavy (non-hydrogen) atoms. The molecule has 0 saturated heterocycles. The van der Waals surface area contributed by atoms with E-state index in [0.717, 1.165) is 29.9 Å². The highest BCUT2D eigenvalue weighted by Gasteiger charge is 2.08. The molecule has 0 amide bonds. The summed E-state index contributed by atoms with van der Waals surface area (Å²) >= 11 is 0. The second-order valence-corrected chi connectivity index (χ2v) is 5.04. The smallest absolute Gasteiger partial charge is 0.135 e. The summed E-state index contributed by atoms with van der Waals surface area (Å²) in [5.41, 5.74) is 11.9. The summed E-state index contributed by atoms with van der Waals surface area (Å²) in [5.74, 6) is 1.42. The molecule has 1 aromatic carbocycles. The topological polar surface area (TPSA) is 51.8 Å². The van der Waals surface area contributed by atoms with Gasteiger partial charge >= 0.3 is 0 Å². The monoisotopic (exact) mass is 255 g/mol. The number of hydrogen-bond donors (Lipinski definition) is 1. The van der Waals surface area contributed by atoms with E-state index in [2.05, 4.69) is 48.9 Å². The van der Waals surface area contributed by atoms with E-state index in [0.29, 0.717) is 5.82 Å². The largest absolute Gasteiger partial charge is 0.383 e. The van der Waals surface area contributed by atoms with Gasteiger partial charge in [0.2, 0.25) is 0 Å². The van der Waals surface area contributed by atoms with Gasteiger partial charge < -0.3 is 5.73 Å². The molecule has 0 aliphatic rings. The van der Waals surface area contributed by atoms with Crippen LogP contribution in [0.4, 0.5) is 5.82 Å². The third kappa shape index (κ3) is 2.92. The third-order valence-corrected chi connectivity index (χ3v) is 3.58. The van der Waals surface area contributed by atoms with Crippen molar-refractivity contribution in [2.75, 3.05) is 5.73 Å². The lowest BCUT2D eigenvalue weighted by atomic mass is 10.0. The molecule has 1 aromatic heterocycles. The summed E-state index contributed by atoms with van der Waals surface area (Å²) in [7, 11) is 0. The first-order chi connectivity index (χ1) is 9.01. The molecular formula is C16H21N3. The highest BCUT2D eigenvalue weighted by molar-refractivity contribution is 5.42. The SMILES string of the molecule is CCc1c(C)nc(Cc2ccc(C)c(C)c2)nc1N. The summed E-state index contributed by atoms with van der Waals surface area (Å²) in [4.78, 5) is 8.98. The molecule has 2 rings (SSSR count). The Morgan fingerprint density at radius 3 is 2.37 bits per heavy atom. The van der Waals surface area contributed by atoms with Crippen LogP contribution in [0.1, 0.15) is 40.7 Å². The van der Waals surface area contributed by atoms with Gasteiger partial charge in [0.25, 0.3) is 0 Å². The minimum atomic E-state index is 0.619. The van der Waals surface area contributed by atoms with Crippen molar-refractivity contribution in [3.8, 4) is 0 Å². The molecule has 0 saturated carbocycles. The van der Waals surface area contributed by atoms with Crippen LogP contribution in [0.2, 0.25) is 0 Å². The van der Waals surface area contributed by atoms with E-state index in [9.17, 15) is 0 Å². The lowest BCUT2D eigenvalue weighted by Gasteiger charge is -2.09. The Hall–Kier alpha value is -1.90. The Kier molecular flexibility index (Phi) is 3.84. The number of aromatic nitrogens is 2. The third-order valence-electron chi connectivity index (χ3n) is 3.58. The van der Waals surface area contributed by atoms with E-state index in [-0.39, 0.29) is 0 Å². The molecular weight excluding hydrogens is 234 g/mol. The molecule has 0 aliphatic heterocycles. The Balaban J connectivity index is 2.31. The standard InChI is InChI=1S/C16H21N3/c1-5-14-12(4)18-15(19-16(14)17)9-13-7-6-10(2)11(3)8-13/h6-8H,5,9H2,1-4H3,(H2,17,18,19). The van der Waals surface area contributed by atoms with Crippen LogP contribution in [-0.4, -0.2) is 9.97 Å². The van der Waals surface area contributed by atoms with Crippen molar-refractivity contribution >= 4 is 5.82 Å². The fraction of sp³-hybridized carbons (Fsp3) is 0.375. The number of benzene rings is 1. The normalized spacial score (nSPS) is 10.7. The quantitative estimate of drug-likeness (QED) is 0.916. The molecule has 0 aliphatic carbocycles. The number of nitrogens with two attached hydrogens (primary N) is 1. The predicted octanol–water partition coefficient (Wildman–Crippen LogP) is 3.14. The fourth-order valence-electron chi connectivity index (χ4n) is 2.29. The van der Waals surface area contributed by atoms with E-state index in [1.54, 1.807) is 0 Å². The van der Waals surface area contributed by atoms with Crippen LogP contribution in [-0.2, 0) is 12.8 Å². The Morgan fingerprint density at radius 2 is 1.79 bits per heavy atom. The van der Waals surface area contributed by atoms with E-state index in [1.165, 1.54) is 16.7 Å². The van der Waals surface area contributed by atoms with Crippen molar-refractivity contribution < 1.29 is 0 Å². The maximum absolute atomic E-state index is 5.99. The minimum Gasteiger partial charge on any atom is -0.383 e. The number of anilines is 1. The van der Waals surface area contributed by atoms with Crippen LogP contribution in [0, 0.1) is 20.8 Å². The number of rotatable bonds is 3. The van der Waals surface area contributed by atoms with Gasteiger partial charge in [0.1, 0.15) is 11.6 Å². The van der Waals surface area contributed by atoms with Crippen molar-refractivity contribution in [2.45, 2.75) is 40.5 Å². The van der Waals surface area contributed by atoms with E-state index < -0.39 is 0 Å². The van der Waals surface area contributed by atoms with Crippen molar-refractivity contribution in [2.24, 2.45) is 0 Å². The maximum Gasteiger partial charge on any atom is 0.135 e. The summed E-state index contributed by atoms with van der Waals surface area (Å²) < 4.78 is 0. The molecule has 3 nitrogen and oxygen atoms in total. The van der Waals surface area contributed by atoms with Crippen LogP contribution in [0.15, 0.2) is 18.2 Å². The lowest BCUT2D eigenvalue weighted by Crippen LogP contribution is -2.07. The summed E-state index contributed by atoms with van der Waals surface area (Å²) in [6.45, 7) is 8.32. The molecule has 0 unspecified atom stereocenters. The molecule has 1 heterocycles. The highest BCUT2D eigenvalue weighted by Crippen LogP contribution is 2.17. The highest BCUT2D eigenvalue weighted by atomic mass is 14.9. The number of nitrogen functional groups attached to an aromatic ring is 1. The molecule has 3 heteroatoms. The Morgan fingerprint density at radius 1 is 1.05 bits per heavy atom. The van der Waals surface area contributed by atoms with Gasteiger partial charge in [-0.3, -0.25) is 0 Å². The van der Waals surface area contributed by atoms with Gasteiger partial charge in [-0.1, -0.05) is 25.1 Å². The number of aryl methyl sites for hydroxylation is 3. The summed E-state index contributed by atoms with van der Waals surface area (Å²) in [5, 5.41) is 0. The average molecular weight is 255 g/mol. The van der Waals surface area contributed by atoms with Gasteiger partial charge in [0.15, 0.2) is 0 Å². The molecule has 0 fully saturated rings. The molecule has 2 aromatic rings. The molecule has 0 bridgehead atoms. The molecule has 0 atom stereocenters. The van der Waals surface area contributed by atoms with Crippen LogP contribution in [0.5, 0.6) is 0 Å². The van der Waals surface area contributed by atoms with Crippen LogP contribution < -0.4 is 5.73 Å². The van der Waals surface area contributed by atoms with Crippen LogP contribution in [0.25, 0.3) is 0 Å². The molecule has 0 spiro atoms. The summed E-state index contributed by atoms with van der Waals surface area (Å²) in [6.07, 6.45) is 1.61. The van der Waals surface area contributed by atoms with Crippen LogP contribution >= 0.6 is 0 Å². The van der Waals surface area contributed by atoms with E-state index in [1.807, 2.05) is 6.92 Å². The van der Waals surface area contributed by atoms with Gasteiger partial charge in [0.05, 0.1) is 0 Å². The van der Waals surface area contributed by atoms with Gasteiger partial charge in [-0.2, -0.15) is 0 Å². The van der Waals surface area contributed by atoms with Crippen LogP contribution in [0.3, 0.4) is 0 Å². The molecule has 100 valence electrons. The lowest BCUT2D eigenvalue weighted by molar-refractivity contribution is 0.911. The number of hydrogen-bond acceptors (Lipinski definition) is 3. The first-order valence-corrected chi connectivity index (χ1v) is 6.69. The zero-order valence-electron chi connectivity index (χ0n) is 12.1. The Labute approximate surface area is 114 Å². The first kappa shape index (κ1) is 13.5. The first-order valence-electron chi connectivity index (χ1n) is 6.69.